The molecule has 0 aliphatic carbocycles. The normalized spacial score (nSPS) is 11.2. The van der Waals surface area contributed by atoms with Crippen LogP contribution in [0.2, 0.25) is 0 Å². The number of carbonyl (C=O) groups is 4. The second-order valence-electron chi connectivity index (χ2n) is 10.9. The molecule has 0 spiro atoms. The molecule has 0 aliphatic heterocycles. The zero-order valence-electron chi connectivity index (χ0n) is 26.4. The van der Waals surface area contributed by atoms with Gasteiger partial charge in [-0.1, -0.05) is 61.4 Å². The van der Waals surface area contributed by atoms with Gasteiger partial charge in [-0.3, -0.25) is 15.0 Å². The van der Waals surface area contributed by atoms with Crippen LogP contribution in [0, 0.1) is 5.41 Å². The molecule has 4 rings (SSSR count). The first-order valence-corrected chi connectivity index (χ1v) is 15.6. The van der Waals surface area contributed by atoms with Gasteiger partial charge in [-0.15, -0.1) is 0 Å². The minimum Gasteiger partial charge on any atom is -0.492 e. The van der Waals surface area contributed by atoms with Gasteiger partial charge in [0.2, 0.25) is 12.3 Å². The third kappa shape index (κ3) is 11.2. The topological polar surface area (TPSA) is 182 Å². The Morgan fingerprint density at radius 3 is 2.27 bits per heavy atom. The summed E-state index contributed by atoms with van der Waals surface area (Å²) >= 11 is 0. The first kappa shape index (κ1) is 35.0. The van der Waals surface area contributed by atoms with Crippen molar-refractivity contribution in [1.82, 2.24) is 16.0 Å². The van der Waals surface area contributed by atoms with Crippen molar-refractivity contribution in [3.8, 4) is 11.5 Å². The third-order valence-corrected chi connectivity index (χ3v) is 7.31. The standard InChI is InChI=1S/C36H39N5O7/c37-33(38)29-11-10-28-22-31(17-14-27(28)21-29)48-35(44)26-12-15-30(16-13-26)46-20-19-40-34(43)32(9-5-2-6-18-39-24-42)41-36(45)47-23-25-7-3-1-4-8-25/h1,3-4,7-8,10-17,21-22,24,32H,2,5-6,9,18-20,23H2,(H3,37,38)(H,39,42)(H,40,43)(H,41,45)/t32-/m0/s1. The SMILES string of the molecule is N=C(N)c1ccc2cc(OC(=O)c3ccc(OCCNC(=O)[C@H](CCCCCNC=O)NC(=O)OCc4ccccc4)cc3)ccc2c1. The molecule has 0 bridgehead atoms. The van der Waals surface area contributed by atoms with E-state index in [2.05, 4.69) is 16.0 Å². The maximum Gasteiger partial charge on any atom is 0.408 e. The van der Waals surface area contributed by atoms with Crippen molar-refractivity contribution >= 4 is 41.0 Å². The molecule has 0 aromatic heterocycles. The largest absolute Gasteiger partial charge is 0.492 e. The van der Waals surface area contributed by atoms with E-state index in [1.165, 1.54) is 0 Å². The summed E-state index contributed by atoms with van der Waals surface area (Å²) in [6, 6.07) is 25.4. The number of ether oxygens (including phenoxy) is 3. The predicted molar refractivity (Wildman–Crippen MR) is 181 cm³/mol. The Morgan fingerprint density at radius 2 is 1.52 bits per heavy atom. The minimum absolute atomic E-state index is 0.0201. The second kappa shape index (κ2) is 18.3. The summed E-state index contributed by atoms with van der Waals surface area (Å²) in [5.74, 6) is -0.0442. The third-order valence-electron chi connectivity index (χ3n) is 7.31. The highest BCUT2D eigenvalue weighted by atomic mass is 16.5. The Bertz CT molecular complexity index is 1700. The van der Waals surface area contributed by atoms with Crippen LogP contribution >= 0.6 is 0 Å². The van der Waals surface area contributed by atoms with Crippen LogP contribution in [-0.2, 0) is 20.9 Å². The number of rotatable bonds is 18. The molecule has 4 aromatic carbocycles. The fourth-order valence-corrected chi connectivity index (χ4v) is 4.76. The Kier molecular flexibility index (Phi) is 13.3. The molecule has 3 amide bonds. The number of nitrogens with one attached hydrogen (secondary N) is 4. The van der Waals surface area contributed by atoms with Crippen LogP contribution in [0.5, 0.6) is 11.5 Å². The van der Waals surface area contributed by atoms with Crippen LogP contribution in [0.15, 0.2) is 91.0 Å². The van der Waals surface area contributed by atoms with Gasteiger partial charge >= 0.3 is 12.1 Å². The van der Waals surface area contributed by atoms with E-state index < -0.39 is 18.1 Å². The summed E-state index contributed by atoms with van der Waals surface area (Å²) in [6.07, 6.45) is 2.52. The lowest BCUT2D eigenvalue weighted by Gasteiger charge is -2.18. The molecule has 1 atom stereocenters. The molecular weight excluding hydrogens is 614 g/mol. The molecule has 0 aliphatic rings. The van der Waals surface area contributed by atoms with E-state index in [4.69, 9.17) is 25.4 Å². The van der Waals surface area contributed by atoms with Crippen molar-refractivity contribution in [1.29, 1.82) is 5.41 Å². The average Bonchev–Trinajstić information content (AvgIpc) is 3.10. The summed E-state index contributed by atoms with van der Waals surface area (Å²) < 4.78 is 16.6. The highest BCUT2D eigenvalue weighted by molar-refractivity contribution is 5.99. The van der Waals surface area contributed by atoms with E-state index in [-0.39, 0.29) is 31.5 Å². The molecule has 6 N–H and O–H groups in total. The number of esters is 1. The fraction of sp³-hybridized carbons (Fsp3) is 0.250. The molecule has 0 radical (unpaired) electrons. The molecule has 0 saturated carbocycles. The first-order chi connectivity index (χ1) is 23.3. The number of nitrogen functional groups attached to an aromatic ring is 1. The zero-order chi connectivity index (χ0) is 34.1. The van der Waals surface area contributed by atoms with E-state index >= 15 is 0 Å². The molecule has 12 nitrogen and oxygen atoms in total. The highest BCUT2D eigenvalue weighted by Crippen LogP contribution is 2.23. The van der Waals surface area contributed by atoms with E-state index in [1.807, 2.05) is 36.4 Å². The first-order valence-electron chi connectivity index (χ1n) is 15.6. The van der Waals surface area contributed by atoms with Crippen LogP contribution in [0.3, 0.4) is 0 Å². The van der Waals surface area contributed by atoms with E-state index in [0.29, 0.717) is 48.4 Å². The fourth-order valence-electron chi connectivity index (χ4n) is 4.76. The number of alkyl carbamates (subject to hydrolysis) is 1. The number of hydrogen-bond acceptors (Lipinski definition) is 8. The number of carbonyl (C=O) groups excluding carboxylic acids is 4. The van der Waals surface area contributed by atoms with Gasteiger partial charge in [0.15, 0.2) is 0 Å². The lowest BCUT2D eigenvalue weighted by molar-refractivity contribution is -0.123. The zero-order valence-corrected chi connectivity index (χ0v) is 26.4. The number of amides is 3. The smallest absolute Gasteiger partial charge is 0.408 e. The Balaban J connectivity index is 1.22. The molecule has 0 unspecified atom stereocenters. The summed E-state index contributed by atoms with van der Waals surface area (Å²) in [4.78, 5) is 48.6. The van der Waals surface area contributed by atoms with Crippen LogP contribution < -0.4 is 31.2 Å². The van der Waals surface area contributed by atoms with Crippen molar-refractivity contribution in [2.24, 2.45) is 5.73 Å². The van der Waals surface area contributed by atoms with E-state index in [1.54, 1.807) is 54.6 Å². The molecule has 48 heavy (non-hydrogen) atoms. The number of hydrogen-bond donors (Lipinski definition) is 5. The number of unbranched alkanes of at least 4 members (excludes halogenated alkanes) is 2. The van der Waals surface area contributed by atoms with Crippen LogP contribution in [0.25, 0.3) is 10.8 Å². The van der Waals surface area contributed by atoms with Crippen LogP contribution in [0.1, 0.15) is 47.2 Å². The van der Waals surface area contributed by atoms with Gasteiger partial charge in [-0.2, -0.15) is 0 Å². The monoisotopic (exact) mass is 653 g/mol. The quantitative estimate of drug-likeness (QED) is 0.0261. The van der Waals surface area contributed by atoms with E-state index in [0.717, 1.165) is 29.2 Å². The molecule has 250 valence electrons. The van der Waals surface area contributed by atoms with Crippen molar-refractivity contribution in [3.63, 3.8) is 0 Å². The van der Waals surface area contributed by atoms with Crippen molar-refractivity contribution in [3.05, 3.63) is 108 Å². The minimum atomic E-state index is -0.807. The number of benzene rings is 4. The maximum absolute atomic E-state index is 13.0. The average molecular weight is 654 g/mol. The van der Waals surface area contributed by atoms with Crippen molar-refractivity contribution < 1.29 is 33.4 Å². The maximum atomic E-state index is 13.0. The van der Waals surface area contributed by atoms with Crippen molar-refractivity contribution in [2.45, 2.75) is 38.3 Å². The molecule has 0 saturated heterocycles. The van der Waals surface area contributed by atoms with Crippen LogP contribution in [0.4, 0.5) is 4.79 Å². The summed E-state index contributed by atoms with van der Waals surface area (Å²) in [5.41, 5.74) is 7.33. The molecule has 0 fully saturated rings. The number of nitrogens with two attached hydrogens (primary N) is 1. The van der Waals surface area contributed by atoms with Gasteiger partial charge in [0.05, 0.1) is 12.1 Å². The van der Waals surface area contributed by atoms with Gasteiger partial charge in [-0.05, 0) is 71.6 Å². The number of fused-ring (bicyclic) bond motifs is 1. The molecule has 0 heterocycles. The Labute approximate surface area is 278 Å². The Morgan fingerprint density at radius 1 is 0.812 bits per heavy atom. The Hall–Kier alpha value is -5.91. The van der Waals surface area contributed by atoms with E-state index in [9.17, 15) is 19.2 Å². The summed E-state index contributed by atoms with van der Waals surface area (Å²) in [6.45, 7) is 0.955. The summed E-state index contributed by atoms with van der Waals surface area (Å²) in [7, 11) is 0. The number of amidine groups is 1. The predicted octanol–water partition coefficient (Wildman–Crippen LogP) is 4.44. The van der Waals surface area contributed by atoms with Crippen LogP contribution in [-0.4, -0.2) is 56.0 Å². The van der Waals surface area contributed by atoms with Gasteiger partial charge in [0, 0.05) is 12.1 Å². The summed E-state index contributed by atoms with van der Waals surface area (Å²) in [5, 5.41) is 17.3. The second-order valence-corrected chi connectivity index (χ2v) is 10.9. The van der Waals surface area contributed by atoms with Crippen molar-refractivity contribution in [2.75, 3.05) is 19.7 Å². The van der Waals surface area contributed by atoms with Gasteiger partial charge in [0.25, 0.3) is 0 Å². The molecule has 12 heteroatoms. The van der Waals surface area contributed by atoms with Gasteiger partial charge in [-0.25, -0.2) is 9.59 Å². The highest BCUT2D eigenvalue weighted by Gasteiger charge is 2.21. The van der Waals surface area contributed by atoms with Gasteiger partial charge < -0.3 is 35.9 Å². The lowest BCUT2D eigenvalue weighted by Crippen LogP contribution is -2.47. The molecular formula is C36H39N5O7. The molecule has 4 aromatic rings. The van der Waals surface area contributed by atoms with Gasteiger partial charge in [0.1, 0.15) is 36.6 Å². The lowest BCUT2D eigenvalue weighted by atomic mass is 10.1.